The molecule has 1 heterocycles. The van der Waals surface area contributed by atoms with Crippen molar-refractivity contribution in [1.82, 2.24) is 9.71 Å². The van der Waals surface area contributed by atoms with Gasteiger partial charge in [0, 0.05) is 12.5 Å². The molecule has 3 N–H and O–H groups in total. The molecule has 1 amide bonds. The monoisotopic (exact) mass is 495 g/mol. The van der Waals surface area contributed by atoms with Gasteiger partial charge in [-0.2, -0.15) is 0 Å². The van der Waals surface area contributed by atoms with Crippen LogP contribution in [0.2, 0.25) is 5.02 Å². The van der Waals surface area contributed by atoms with Gasteiger partial charge in [-0.1, -0.05) is 41.8 Å². The molecule has 6 nitrogen and oxygen atoms in total. The average Bonchev–Trinajstić information content (AvgIpc) is 3.37. The van der Waals surface area contributed by atoms with E-state index in [9.17, 15) is 14.1 Å². The van der Waals surface area contributed by atoms with Gasteiger partial charge in [0.15, 0.2) is 5.13 Å². The second-order valence-corrected chi connectivity index (χ2v) is 11.5. The lowest BCUT2D eigenvalue weighted by atomic mass is 9.94. The normalized spacial score (nSPS) is 22.7. The number of carbonyl (C=O) groups is 1. The lowest BCUT2D eigenvalue weighted by molar-refractivity contribution is -0.117. The summed E-state index contributed by atoms with van der Waals surface area (Å²) in [6.07, 6.45) is 8.11. The maximum atomic E-state index is 13.0. The summed E-state index contributed by atoms with van der Waals surface area (Å²) in [5, 5.41) is 13.9. The first-order chi connectivity index (χ1) is 15.4. The predicted octanol–water partition coefficient (Wildman–Crippen LogP) is 5.21. The minimum Gasteiger partial charge on any atom is -0.393 e. The minimum absolute atomic E-state index is 0.00568. The summed E-state index contributed by atoms with van der Waals surface area (Å²) in [7, 11) is -1.48. The number of thiazole rings is 1. The summed E-state index contributed by atoms with van der Waals surface area (Å²) in [6, 6.07) is 5.47. The molecule has 0 saturated heterocycles. The molecule has 2 aromatic rings. The van der Waals surface area contributed by atoms with E-state index in [1.165, 1.54) is 24.2 Å². The molecule has 0 aliphatic heterocycles. The molecule has 174 valence electrons. The van der Waals surface area contributed by atoms with Crippen molar-refractivity contribution in [1.29, 1.82) is 0 Å². The van der Waals surface area contributed by atoms with Crippen molar-refractivity contribution in [3.05, 3.63) is 28.9 Å². The summed E-state index contributed by atoms with van der Waals surface area (Å²) in [5.74, 6) is 0.510. The number of amides is 1. The molecular weight excluding hydrogens is 466 g/mol. The number of hydrogen-bond donors (Lipinski definition) is 3. The number of nitrogens with one attached hydrogen (secondary N) is 2. The lowest BCUT2D eigenvalue weighted by Crippen LogP contribution is -2.37. The third-order valence-corrected chi connectivity index (χ3v) is 9.15. The van der Waals surface area contributed by atoms with Gasteiger partial charge in [-0.3, -0.25) is 4.79 Å². The number of aryl methyl sites for hydroxylation is 1. The first-order valence-electron chi connectivity index (χ1n) is 11.3. The van der Waals surface area contributed by atoms with Gasteiger partial charge in [-0.05, 0) is 69.1 Å². The maximum Gasteiger partial charge on any atom is 0.226 e. The van der Waals surface area contributed by atoms with Crippen molar-refractivity contribution in [2.75, 3.05) is 5.32 Å². The fourth-order valence-corrected chi connectivity index (χ4v) is 7.07. The molecule has 2 aliphatic carbocycles. The van der Waals surface area contributed by atoms with Crippen molar-refractivity contribution >= 4 is 45.0 Å². The third kappa shape index (κ3) is 5.97. The van der Waals surface area contributed by atoms with Gasteiger partial charge in [0.2, 0.25) is 5.91 Å². The fourth-order valence-electron chi connectivity index (χ4n) is 4.64. The van der Waals surface area contributed by atoms with Crippen LogP contribution in [0.1, 0.15) is 63.5 Å². The van der Waals surface area contributed by atoms with E-state index in [0.29, 0.717) is 33.8 Å². The molecule has 2 saturated carbocycles. The average molecular weight is 496 g/mol. The summed E-state index contributed by atoms with van der Waals surface area (Å²) in [5.41, 5.74) is 1.68. The van der Waals surface area contributed by atoms with Crippen LogP contribution in [0.15, 0.2) is 23.1 Å². The number of halogens is 1. The van der Waals surface area contributed by atoms with Gasteiger partial charge >= 0.3 is 0 Å². The molecule has 3 unspecified atom stereocenters. The zero-order chi connectivity index (χ0) is 22.7. The molecule has 0 bridgehead atoms. The molecule has 1 aromatic carbocycles. The molecular formula is C23H30ClN3O3S2. The molecule has 4 rings (SSSR count). The van der Waals surface area contributed by atoms with Crippen LogP contribution >= 0.6 is 22.9 Å². The standard InChI is InChI=1S/C23H30ClN3O3S2/c1-14-22(31-23(25-14)26-21(29)11-15-5-2-3-6-15)16-9-10-19(24)20(12-16)32(30)27-17-7-4-8-18(28)13-17/h9-10,12,15,17-18,27-28H,2-8,11,13H2,1H3,(H,25,26,29). The first kappa shape index (κ1) is 23.8. The summed E-state index contributed by atoms with van der Waals surface area (Å²) >= 11 is 7.79. The van der Waals surface area contributed by atoms with Gasteiger partial charge in [-0.25, -0.2) is 13.9 Å². The zero-order valence-corrected chi connectivity index (χ0v) is 20.6. The lowest BCUT2D eigenvalue weighted by Gasteiger charge is -2.26. The van der Waals surface area contributed by atoms with Crippen molar-refractivity contribution in [2.45, 2.75) is 81.8 Å². The van der Waals surface area contributed by atoms with Crippen molar-refractivity contribution < 1.29 is 14.1 Å². The Bertz CT molecular complexity index is 991. The van der Waals surface area contributed by atoms with Crippen LogP contribution < -0.4 is 10.0 Å². The number of nitrogens with zero attached hydrogens (tertiary/aromatic N) is 1. The first-order valence-corrected chi connectivity index (χ1v) is 13.7. The van der Waals surface area contributed by atoms with Gasteiger partial charge in [0.25, 0.3) is 0 Å². The number of rotatable bonds is 7. The highest BCUT2D eigenvalue weighted by Crippen LogP contribution is 2.36. The second-order valence-electron chi connectivity index (χ2n) is 8.89. The van der Waals surface area contributed by atoms with Crippen molar-refractivity contribution in [3.8, 4) is 10.4 Å². The van der Waals surface area contributed by atoms with Crippen LogP contribution in [0.5, 0.6) is 0 Å². The van der Waals surface area contributed by atoms with E-state index in [2.05, 4.69) is 15.0 Å². The van der Waals surface area contributed by atoms with E-state index in [4.69, 9.17) is 11.6 Å². The highest BCUT2D eigenvalue weighted by atomic mass is 35.5. The molecule has 9 heteroatoms. The van der Waals surface area contributed by atoms with Crippen LogP contribution in [-0.2, 0) is 15.8 Å². The number of anilines is 1. The Morgan fingerprint density at radius 3 is 2.78 bits per heavy atom. The minimum atomic E-state index is -1.48. The number of benzene rings is 1. The summed E-state index contributed by atoms with van der Waals surface area (Å²) in [6.45, 7) is 1.91. The van der Waals surface area contributed by atoms with Gasteiger partial charge in [-0.15, -0.1) is 0 Å². The Kier molecular flexibility index (Phi) is 8.00. The summed E-state index contributed by atoms with van der Waals surface area (Å²) in [4.78, 5) is 18.4. The summed E-state index contributed by atoms with van der Waals surface area (Å²) < 4.78 is 16.1. The van der Waals surface area contributed by atoms with Crippen molar-refractivity contribution in [2.24, 2.45) is 5.92 Å². The van der Waals surface area contributed by atoms with E-state index in [-0.39, 0.29) is 18.1 Å². The van der Waals surface area contributed by atoms with E-state index in [1.54, 1.807) is 6.07 Å². The number of aliphatic hydroxyl groups is 1. The molecule has 2 fully saturated rings. The van der Waals surface area contributed by atoms with Crippen molar-refractivity contribution in [3.63, 3.8) is 0 Å². The van der Waals surface area contributed by atoms with E-state index >= 15 is 0 Å². The van der Waals surface area contributed by atoms with Gasteiger partial charge in [0.1, 0.15) is 11.0 Å². The van der Waals surface area contributed by atoms with Gasteiger partial charge in [0.05, 0.1) is 26.6 Å². The molecule has 32 heavy (non-hydrogen) atoms. The molecule has 1 aromatic heterocycles. The largest absolute Gasteiger partial charge is 0.393 e. The molecule has 2 aliphatic rings. The number of hydrogen-bond acceptors (Lipinski definition) is 5. The SMILES string of the molecule is Cc1nc(NC(=O)CC2CCCC2)sc1-c1ccc(Cl)c(S(=O)NC2CCCC(O)C2)c1. The highest BCUT2D eigenvalue weighted by Gasteiger charge is 2.24. The van der Waals surface area contributed by atoms with Gasteiger partial charge < -0.3 is 10.4 Å². The highest BCUT2D eigenvalue weighted by molar-refractivity contribution is 7.83. The molecule has 0 spiro atoms. The van der Waals surface area contributed by atoms with Crippen LogP contribution in [0.4, 0.5) is 5.13 Å². The Labute approximate surface area is 200 Å². The molecule has 3 atom stereocenters. The fraction of sp³-hybridized carbons (Fsp3) is 0.565. The maximum absolute atomic E-state index is 13.0. The Hall–Kier alpha value is -1.32. The second kappa shape index (κ2) is 10.7. The Morgan fingerprint density at radius 1 is 1.25 bits per heavy atom. The smallest absolute Gasteiger partial charge is 0.226 e. The topological polar surface area (TPSA) is 91.3 Å². The Morgan fingerprint density at radius 2 is 2.03 bits per heavy atom. The van der Waals surface area contributed by atoms with E-state index < -0.39 is 11.0 Å². The number of aromatic nitrogens is 1. The Balaban J connectivity index is 1.46. The van der Waals surface area contributed by atoms with E-state index in [0.717, 1.165) is 48.2 Å². The zero-order valence-electron chi connectivity index (χ0n) is 18.2. The number of carbonyl (C=O) groups excluding carboxylic acids is 1. The van der Waals surface area contributed by atoms with E-state index in [1.807, 2.05) is 19.1 Å². The van der Waals surface area contributed by atoms with Crippen LogP contribution in [-0.4, -0.2) is 32.4 Å². The molecule has 0 radical (unpaired) electrons. The quantitative estimate of drug-likeness (QED) is 0.492. The number of aliphatic hydroxyl groups excluding tert-OH is 1. The van der Waals surface area contributed by atoms with Crippen LogP contribution in [0.3, 0.4) is 0 Å². The predicted molar refractivity (Wildman–Crippen MR) is 130 cm³/mol. The third-order valence-electron chi connectivity index (χ3n) is 6.31. The van der Waals surface area contributed by atoms with Crippen LogP contribution in [0.25, 0.3) is 10.4 Å². The van der Waals surface area contributed by atoms with Crippen LogP contribution in [0, 0.1) is 12.8 Å².